The van der Waals surface area contributed by atoms with E-state index in [9.17, 15) is 0 Å². The van der Waals surface area contributed by atoms with Gasteiger partial charge in [0.25, 0.3) is 0 Å². The molecule has 21 heavy (non-hydrogen) atoms. The number of piperazine rings is 1. The Morgan fingerprint density at radius 3 is 2.33 bits per heavy atom. The molecule has 1 aliphatic carbocycles. The Morgan fingerprint density at radius 2 is 1.76 bits per heavy atom. The van der Waals surface area contributed by atoms with E-state index < -0.39 is 0 Å². The lowest BCUT2D eigenvalue weighted by atomic mass is 9.76. The van der Waals surface area contributed by atoms with Gasteiger partial charge in [0.15, 0.2) is 0 Å². The van der Waals surface area contributed by atoms with Gasteiger partial charge in [0, 0.05) is 32.2 Å². The van der Waals surface area contributed by atoms with Crippen LogP contribution in [0.1, 0.15) is 30.9 Å². The van der Waals surface area contributed by atoms with E-state index in [4.69, 9.17) is 23.2 Å². The van der Waals surface area contributed by atoms with Gasteiger partial charge in [-0.15, -0.1) is 24.8 Å². The maximum Gasteiger partial charge on any atom is 0.0640 e. The van der Waals surface area contributed by atoms with E-state index in [1.165, 1.54) is 24.8 Å². The van der Waals surface area contributed by atoms with E-state index in [-0.39, 0.29) is 24.8 Å². The minimum Gasteiger partial charge on any atom is -0.314 e. The number of benzene rings is 1. The van der Waals surface area contributed by atoms with Gasteiger partial charge in [-0.25, -0.2) is 0 Å². The van der Waals surface area contributed by atoms with E-state index in [0.717, 1.165) is 37.1 Å². The van der Waals surface area contributed by atoms with Crippen LogP contribution in [0.2, 0.25) is 10.0 Å². The highest BCUT2D eigenvalue weighted by Crippen LogP contribution is 2.44. The number of hydrogen-bond acceptors (Lipinski definition) is 2. The minimum absolute atomic E-state index is 0. The average molecular weight is 372 g/mol. The molecular formula is C15H22Cl4N2. The van der Waals surface area contributed by atoms with Crippen LogP contribution in [0.25, 0.3) is 0 Å². The lowest BCUT2D eigenvalue weighted by Gasteiger charge is -2.43. The molecule has 2 fully saturated rings. The fourth-order valence-corrected chi connectivity index (χ4v) is 3.63. The van der Waals surface area contributed by atoms with Crippen molar-refractivity contribution in [3.63, 3.8) is 0 Å². The van der Waals surface area contributed by atoms with Crippen molar-refractivity contribution >= 4 is 48.0 Å². The summed E-state index contributed by atoms with van der Waals surface area (Å²) in [6.45, 7) is 4.34. The number of nitrogens with zero attached hydrogens (tertiary/aromatic N) is 1. The third kappa shape index (κ3) is 4.19. The number of halogens is 4. The molecule has 3 rings (SSSR count). The molecule has 1 N–H and O–H groups in total. The van der Waals surface area contributed by atoms with E-state index in [2.05, 4.69) is 16.3 Å². The third-order valence-electron chi connectivity index (χ3n) is 4.44. The summed E-state index contributed by atoms with van der Waals surface area (Å²) in [5.41, 5.74) is 1.22. The quantitative estimate of drug-likeness (QED) is 0.836. The summed E-state index contributed by atoms with van der Waals surface area (Å²) < 4.78 is 0. The summed E-state index contributed by atoms with van der Waals surface area (Å²) in [5.74, 6) is 0.745. The highest BCUT2D eigenvalue weighted by atomic mass is 35.5. The minimum atomic E-state index is 0. The van der Waals surface area contributed by atoms with Crippen molar-refractivity contribution in [2.45, 2.75) is 25.3 Å². The lowest BCUT2D eigenvalue weighted by Crippen LogP contribution is -2.47. The molecule has 0 amide bonds. The first-order valence-corrected chi connectivity index (χ1v) is 7.91. The Hall–Kier alpha value is 0.300. The largest absolute Gasteiger partial charge is 0.314 e. The second-order valence-corrected chi connectivity index (χ2v) is 6.35. The summed E-state index contributed by atoms with van der Waals surface area (Å²) in [5, 5.41) is 4.85. The summed E-state index contributed by atoms with van der Waals surface area (Å²) in [6, 6.07) is 6.50. The molecule has 0 bridgehead atoms. The van der Waals surface area contributed by atoms with Crippen LogP contribution in [0, 0.1) is 5.92 Å². The van der Waals surface area contributed by atoms with Crippen molar-refractivity contribution in [1.29, 1.82) is 0 Å². The zero-order valence-corrected chi connectivity index (χ0v) is 15.0. The summed E-state index contributed by atoms with van der Waals surface area (Å²) in [6.07, 6.45) is 3.99. The second-order valence-electron chi connectivity index (χ2n) is 5.56. The summed E-state index contributed by atoms with van der Waals surface area (Å²) >= 11 is 12.7. The van der Waals surface area contributed by atoms with Crippen LogP contribution in [0.15, 0.2) is 18.2 Å². The van der Waals surface area contributed by atoms with Gasteiger partial charge < -0.3 is 5.32 Å². The van der Waals surface area contributed by atoms with Crippen molar-refractivity contribution in [1.82, 2.24) is 10.2 Å². The highest BCUT2D eigenvalue weighted by Gasteiger charge is 2.34. The van der Waals surface area contributed by atoms with E-state index in [1.807, 2.05) is 12.1 Å². The Labute approximate surface area is 149 Å². The van der Waals surface area contributed by atoms with Crippen molar-refractivity contribution < 1.29 is 0 Å². The molecule has 2 nitrogen and oxygen atoms in total. The van der Waals surface area contributed by atoms with Gasteiger partial charge >= 0.3 is 0 Å². The smallest absolute Gasteiger partial charge is 0.0640 e. The van der Waals surface area contributed by atoms with E-state index in [0.29, 0.717) is 11.1 Å². The third-order valence-corrected chi connectivity index (χ3v) is 5.27. The van der Waals surface area contributed by atoms with Crippen molar-refractivity contribution in [3.05, 3.63) is 33.8 Å². The SMILES string of the molecule is Cl.Cl.Clc1cccc([C@@H](C2CCC2)N2CCNCC2)c1Cl. The van der Waals surface area contributed by atoms with Gasteiger partial charge in [-0.3, -0.25) is 4.90 Å². The topological polar surface area (TPSA) is 15.3 Å². The first kappa shape index (κ1) is 19.3. The molecule has 1 aromatic rings. The first-order valence-electron chi connectivity index (χ1n) is 7.16. The lowest BCUT2D eigenvalue weighted by molar-refractivity contribution is 0.0838. The van der Waals surface area contributed by atoms with Crippen LogP contribution in [0.5, 0.6) is 0 Å². The molecule has 1 aliphatic heterocycles. The highest BCUT2D eigenvalue weighted by molar-refractivity contribution is 6.42. The van der Waals surface area contributed by atoms with Gasteiger partial charge in [-0.2, -0.15) is 0 Å². The molecule has 1 saturated heterocycles. The summed E-state index contributed by atoms with van der Waals surface area (Å²) in [7, 11) is 0. The molecule has 1 atom stereocenters. The van der Waals surface area contributed by atoms with E-state index >= 15 is 0 Å². The molecule has 2 aliphatic rings. The molecule has 1 aromatic carbocycles. The van der Waals surface area contributed by atoms with E-state index in [1.54, 1.807) is 0 Å². The van der Waals surface area contributed by atoms with Gasteiger partial charge in [-0.1, -0.05) is 41.8 Å². The molecule has 0 spiro atoms. The molecule has 0 unspecified atom stereocenters. The van der Waals surface area contributed by atoms with Crippen LogP contribution in [-0.2, 0) is 0 Å². The fraction of sp³-hybridized carbons (Fsp3) is 0.600. The zero-order chi connectivity index (χ0) is 13.2. The molecule has 1 saturated carbocycles. The van der Waals surface area contributed by atoms with Gasteiger partial charge in [-0.05, 0) is 30.4 Å². The van der Waals surface area contributed by atoms with Crippen LogP contribution < -0.4 is 5.32 Å². The number of nitrogens with one attached hydrogen (secondary N) is 1. The normalized spacial score (nSPS) is 20.9. The van der Waals surface area contributed by atoms with Gasteiger partial charge in [0.05, 0.1) is 10.0 Å². The predicted molar refractivity (Wildman–Crippen MR) is 95.5 cm³/mol. The van der Waals surface area contributed by atoms with Crippen molar-refractivity contribution in [3.8, 4) is 0 Å². The van der Waals surface area contributed by atoms with Crippen LogP contribution in [0.3, 0.4) is 0 Å². The first-order chi connectivity index (χ1) is 9.27. The Bertz CT molecular complexity index is 445. The van der Waals surface area contributed by atoms with Crippen LogP contribution >= 0.6 is 48.0 Å². The molecule has 6 heteroatoms. The standard InChI is InChI=1S/C15H20Cl2N2.2ClH/c16-13-6-2-5-12(14(13)17)15(11-3-1-4-11)19-9-7-18-8-10-19;;/h2,5-6,11,15,18H,1,3-4,7-10H2;2*1H/t15-;;/m1../s1. The maximum absolute atomic E-state index is 6.46. The Kier molecular flexibility index (Phi) is 8.11. The maximum atomic E-state index is 6.46. The molecule has 120 valence electrons. The number of hydrogen-bond donors (Lipinski definition) is 1. The average Bonchev–Trinajstić information content (AvgIpc) is 2.38. The Balaban J connectivity index is 0.00000110. The van der Waals surface area contributed by atoms with Crippen molar-refractivity contribution in [2.24, 2.45) is 5.92 Å². The molecule has 1 heterocycles. The van der Waals surface area contributed by atoms with Gasteiger partial charge in [0.2, 0.25) is 0 Å². The number of rotatable bonds is 3. The van der Waals surface area contributed by atoms with Crippen LogP contribution in [-0.4, -0.2) is 31.1 Å². The second kappa shape index (κ2) is 8.81. The molecule has 0 aromatic heterocycles. The monoisotopic (exact) mass is 370 g/mol. The van der Waals surface area contributed by atoms with Crippen LogP contribution in [0.4, 0.5) is 0 Å². The Morgan fingerprint density at radius 1 is 1.10 bits per heavy atom. The molecule has 0 radical (unpaired) electrons. The summed E-state index contributed by atoms with van der Waals surface area (Å²) in [4.78, 5) is 2.58. The predicted octanol–water partition coefficient (Wildman–Crippen LogP) is 4.58. The zero-order valence-electron chi connectivity index (χ0n) is 11.9. The molecular weight excluding hydrogens is 350 g/mol. The van der Waals surface area contributed by atoms with Crippen molar-refractivity contribution in [2.75, 3.05) is 26.2 Å². The fourth-order valence-electron chi connectivity index (χ4n) is 3.21. The van der Waals surface area contributed by atoms with Gasteiger partial charge in [0.1, 0.15) is 0 Å².